The van der Waals surface area contributed by atoms with Crippen molar-refractivity contribution in [3.63, 3.8) is 0 Å². The van der Waals surface area contributed by atoms with Crippen LogP contribution in [0.25, 0.3) is 0 Å². The Bertz CT molecular complexity index is 855. The normalized spacial score (nSPS) is 16.5. The molecule has 1 aliphatic heterocycles. The number of Topliss-reactive ketones (excluding diaryl/α,β-unsaturated/α-hetero) is 1. The van der Waals surface area contributed by atoms with Gasteiger partial charge in [-0.25, -0.2) is 8.42 Å². The number of halogens is 1. The van der Waals surface area contributed by atoms with Crippen molar-refractivity contribution in [3.8, 4) is 0 Å². The predicted molar refractivity (Wildman–Crippen MR) is 106 cm³/mol. The predicted octanol–water partition coefficient (Wildman–Crippen LogP) is 1.90. The third-order valence-electron chi connectivity index (χ3n) is 4.63. The summed E-state index contributed by atoms with van der Waals surface area (Å²) in [5.74, 6) is -0.136. The molecule has 1 fully saturated rings. The van der Waals surface area contributed by atoms with Gasteiger partial charge in [0, 0.05) is 44.1 Å². The van der Waals surface area contributed by atoms with E-state index in [1.807, 2.05) is 16.9 Å². The topological polar surface area (TPSA) is 75.5 Å². The summed E-state index contributed by atoms with van der Waals surface area (Å²) in [5.41, 5.74) is 0.418. The van der Waals surface area contributed by atoms with Crippen LogP contribution >= 0.6 is 12.4 Å². The zero-order valence-electron chi connectivity index (χ0n) is 15.3. The average Bonchev–Trinajstić information content (AvgIpc) is 3.03. The zero-order valence-corrected chi connectivity index (χ0v) is 17.0. The lowest BCUT2D eigenvalue weighted by Gasteiger charge is -2.22. The molecule has 0 aliphatic carbocycles. The first-order valence-corrected chi connectivity index (χ1v) is 10.2. The highest BCUT2D eigenvalue weighted by atomic mass is 35.5. The molecular formula is C18H25ClN4O3S. The summed E-state index contributed by atoms with van der Waals surface area (Å²) in [4.78, 5) is 14.0. The average molecular weight is 413 g/mol. The molecule has 9 heteroatoms. The Morgan fingerprint density at radius 2 is 1.93 bits per heavy atom. The van der Waals surface area contributed by atoms with Crippen molar-refractivity contribution in [1.29, 1.82) is 0 Å². The first-order chi connectivity index (χ1) is 12.5. The fraction of sp³-hybridized carbons (Fsp3) is 0.444. The maximum Gasteiger partial charge on any atom is 0.243 e. The Hall–Kier alpha value is -1.74. The van der Waals surface area contributed by atoms with Crippen molar-refractivity contribution in [1.82, 2.24) is 19.0 Å². The van der Waals surface area contributed by atoms with Gasteiger partial charge in [-0.15, -0.1) is 12.4 Å². The number of aromatic nitrogens is 2. The Balaban J connectivity index is 0.00000261. The minimum absolute atomic E-state index is 0. The second-order valence-corrected chi connectivity index (χ2v) is 8.39. The second kappa shape index (κ2) is 9.45. The second-order valence-electron chi connectivity index (χ2n) is 6.45. The maximum atomic E-state index is 12.9. The van der Waals surface area contributed by atoms with Crippen LogP contribution in [0.15, 0.2) is 47.6 Å². The molecule has 0 atom stereocenters. The number of nitrogens with zero attached hydrogens (tertiary/aromatic N) is 4. The summed E-state index contributed by atoms with van der Waals surface area (Å²) < 4.78 is 29.3. The molecule has 27 heavy (non-hydrogen) atoms. The number of rotatable bonds is 6. The third-order valence-corrected chi connectivity index (χ3v) is 6.52. The van der Waals surface area contributed by atoms with E-state index in [-0.39, 0.29) is 23.1 Å². The van der Waals surface area contributed by atoms with E-state index in [1.54, 1.807) is 24.4 Å². The Kier molecular flexibility index (Phi) is 7.55. The maximum absolute atomic E-state index is 12.9. The van der Waals surface area contributed by atoms with E-state index >= 15 is 0 Å². The van der Waals surface area contributed by atoms with Gasteiger partial charge in [-0.05, 0) is 38.1 Å². The summed E-state index contributed by atoms with van der Waals surface area (Å²) in [5, 5.41) is 4.20. The van der Waals surface area contributed by atoms with Gasteiger partial charge < -0.3 is 4.90 Å². The molecule has 0 amide bonds. The fourth-order valence-electron chi connectivity index (χ4n) is 3.11. The van der Waals surface area contributed by atoms with Crippen molar-refractivity contribution >= 4 is 28.2 Å². The van der Waals surface area contributed by atoms with Crippen LogP contribution in [-0.4, -0.2) is 65.9 Å². The first kappa shape index (κ1) is 21.6. The number of sulfonamides is 1. The van der Waals surface area contributed by atoms with Gasteiger partial charge in [0.1, 0.15) is 0 Å². The van der Waals surface area contributed by atoms with Crippen molar-refractivity contribution < 1.29 is 13.2 Å². The summed E-state index contributed by atoms with van der Waals surface area (Å²) in [6.07, 6.45) is 4.47. The number of ketones is 1. The summed E-state index contributed by atoms with van der Waals surface area (Å²) >= 11 is 0. The molecule has 1 saturated heterocycles. The van der Waals surface area contributed by atoms with Crippen LogP contribution in [0, 0.1) is 0 Å². The lowest BCUT2D eigenvalue weighted by molar-refractivity contribution is 0.101. The van der Waals surface area contributed by atoms with E-state index in [2.05, 4.69) is 10.00 Å². The first-order valence-electron chi connectivity index (χ1n) is 8.78. The number of carbonyl (C=O) groups excluding carboxylic acids is 1. The summed E-state index contributed by atoms with van der Waals surface area (Å²) in [6, 6.07) is 8.19. The third kappa shape index (κ3) is 5.38. The van der Waals surface area contributed by atoms with Crippen molar-refractivity contribution in [3.05, 3.63) is 48.3 Å². The number of hydrogen-bond donors (Lipinski definition) is 0. The Labute approximate surface area is 166 Å². The lowest BCUT2D eigenvalue weighted by atomic mass is 10.2. The van der Waals surface area contributed by atoms with Gasteiger partial charge in [0.25, 0.3) is 0 Å². The SMILES string of the molecule is CC(=O)c1cccc(S(=O)(=O)N2CCCN(CCn3cccn3)CC2)c1.Cl. The van der Waals surface area contributed by atoms with Gasteiger partial charge in [-0.1, -0.05) is 12.1 Å². The number of hydrogen-bond acceptors (Lipinski definition) is 5. The number of carbonyl (C=O) groups is 1. The molecule has 2 aromatic rings. The summed E-state index contributed by atoms with van der Waals surface area (Å²) in [7, 11) is -3.59. The molecule has 1 aromatic carbocycles. The molecule has 0 spiro atoms. The zero-order chi connectivity index (χ0) is 18.6. The van der Waals surface area contributed by atoms with Gasteiger partial charge in [-0.3, -0.25) is 9.48 Å². The molecule has 0 N–H and O–H groups in total. The lowest BCUT2D eigenvalue weighted by Crippen LogP contribution is -2.36. The molecule has 3 rings (SSSR count). The van der Waals surface area contributed by atoms with Crippen LogP contribution in [0.1, 0.15) is 23.7 Å². The Morgan fingerprint density at radius 3 is 2.63 bits per heavy atom. The number of benzene rings is 1. The fourth-order valence-corrected chi connectivity index (χ4v) is 4.63. The largest absolute Gasteiger partial charge is 0.300 e. The molecule has 0 bridgehead atoms. The highest BCUT2D eigenvalue weighted by molar-refractivity contribution is 7.89. The molecule has 0 radical (unpaired) electrons. The highest BCUT2D eigenvalue weighted by Gasteiger charge is 2.27. The van der Waals surface area contributed by atoms with Gasteiger partial charge in [0.05, 0.1) is 11.4 Å². The Morgan fingerprint density at radius 1 is 1.11 bits per heavy atom. The molecule has 2 heterocycles. The quantitative estimate of drug-likeness (QED) is 0.677. The van der Waals surface area contributed by atoms with Crippen molar-refractivity contribution in [2.45, 2.75) is 24.8 Å². The van der Waals surface area contributed by atoms with Crippen LogP contribution < -0.4 is 0 Å². The molecule has 1 aromatic heterocycles. The van der Waals surface area contributed by atoms with Gasteiger partial charge in [0.15, 0.2) is 5.78 Å². The van der Waals surface area contributed by atoms with Crippen LogP contribution in [0.3, 0.4) is 0 Å². The van der Waals surface area contributed by atoms with E-state index in [9.17, 15) is 13.2 Å². The van der Waals surface area contributed by atoms with Crippen molar-refractivity contribution in [2.24, 2.45) is 0 Å². The van der Waals surface area contributed by atoms with E-state index in [0.29, 0.717) is 25.2 Å². The molecule has 1 aliphatic rings. The van der Waals surface area contributed by atoms with E-state index < -0.39 is 10.0 Å². The van der Waals surface area contributed by atoms with Crippen LogP contribution in [0.5, 0.6) is 0 Å². The van der Waals surface area contributed by atoms with Crippen LogP contribution in [0.2, 0.25) is 0 Å². The molecule has 0 saturated carbocycles. The summed E-state index contributed by atoms with van der Waals surface area (Å²) in [6.45, 7) is 5.56. The van der Waals surface area contributed by atoms with Crippen molar-refractivity contribution in [2.75, 3.05) is 32.7 Å². The minimum Gasteiger partial charge on any atom is -0.300 e. The molecular weight excluding hydrogens is 388 g/mol. The molecule has 0 unspecified atom stereocenters. The van der Waals surface area contributed by atoms with Crippen LogP contribution in [-0.2, 0) is 16.6 Å². The minimum atomic E-state index is -3.59. The highest BCUT2D eigenvalue weighted by Crippen LogP contribution is 2.19. The van der Waals surface area contributed by atoms with Gasteiger partial charge in [0.2, 0.25) is 10.0 Å². The van der Waals surface area contributed by atoms with E-state index in [1.165, 1.54) is 17.3 Å². The van der Waals surface area contributed by atoms with Gasteiger partial charge in [-0.2, -0.15) is 9.40 Å². The standard InChI is InChI=1S/C18H24N4O3S.ClH/c1-16(23)17-5-2-6-18(15-17)26(24,25)22-10-4-8-20(12-14-22)11-13-21-9-3-7-19-21;/h2-3,5-7,9,15H,4,8,10-14H2,1H3;1H. The molecule has 7 nitrogen and oxygen atoms in total. The molecule has 148 valence electrons. The monoisotopic (exact) mass is 412 g/mol. The van der Waals surface area contributed by atoms with Crippen LogP contribution in [0.4, 0.5) is 0 Å². The van der Waals surface area contributed by atoms with E-state index in [4.69, 9.17) is 0 Å². The smallest absolute Gasteiger partial charge is 0.243 e. The van der Waals surface area contributed by atoms with E-state index in [0.717, 1.165) is 26.1 Å². The van der Waals surface area contributed by atoms with Gasteiger partial charge >= 0.3 is 0 Å².